The molecule has 0 saturated carbocycles. The van der Waals surface area contributed by atoms with Gasteiger partial charge in [0.2, 0.25) is 5.91 Å². The molecule has 2 N–H and O–H groups in total. The van der Waals surface area contributed by atoms with E-state index in [2.05, 4.69) is 10.6 Å². The Morgan fingerprint density at radius 1 is 1.75 bits per heavy atom. The Morgan fingerprint density at radius 3 is 3.17 bits per heavy atom. The Balaban J connectivity index is 2.15. The van der Waals surface area contributed by atoms with Crippen molar-refractivity contribution in [2.75, 3.05) is 26.2 Å². The topological polar surface area (TPSA) is 50.4 Å². The van der Waals surface area contributed by atoms with Crippen LogP contribution in [0.3, 0.4) is 0 Å². The third-order valence-corrected chi connectivity index (χ3v) is 1.79. The lowest BCUT2D eigenvalue weighted by molar-refractivity contribution is -0.124. The van der Waals surface area contributed by atoms with Crippen molar-refractivity contribution >= 4 is 5.91 Å². The first-order valence-electron chi connectivity index (χ1n) is 4.42. The highest BCUT2D eigenvalue weighted by atomic mass is 16.5. The Bertz CT molecular complexity index is 144. The molecular formula is C8H16N2O2. The molecule has 0 spiro atoms. The van der Waals surface area contributed by atoms with Crippen molar-refractivity contribution in [3.05, 3.63) is 0 Å². The van der Waals surface area contributed by atoms with Gasteiger partial charge in [0.1, 0.15) is 0 Å². The number of ether oxygens (including phenoxy) is 1. The third kappa shape index (κ3) is 3.19. The molecule has 0 unspecified atom stereocenters. The fraction of sp³-hybridized carbons (Fsp3) is 0.875. The van der Waals surface area contributed by atoms with E-state index < -0.39 is 0 Å². The summed E-state index contributed by atoms with van der Waals surface area (Å²) in [7, 11) is 0. The maximum atomic E-state index is 11.1. The molecule has 1 aliphatic heterocycles. The van der Waals surface area contributed by atoms with Crippen LogP contribution in [0.1, 0.15) is 13.3 Å². The molecule has 0 aromatic carbocycles. The summed E-state index contributed by atoms with van der Waals surface area (Å²) in [6.45, 7) is 5.00. The van der Waals surface area contributed by atoms with Crippen molar-refractivity contribution in [3.63, 3.8) is 0 Å². The quantitative estimate of drug-likeness (QED) is 0.603. The molecule has 1 fully saturated rings. The van der Waals surface area contributed by atoms with Gasteiger partial charge in [-0.25, -0.2) is 0 Å². The SMILES string of the molecule is CCNC(=O)C[C@@H]1CNCCO1. The molecule has 0 radical (unpaired) electrons. The van der Waals surface area contributed by atoms with Crippen LogP contribution < -0.4 is 10.6 Å². The highest BCUT2D eigenvalue weighted by molar-refractivity contribution is 5.76. The van der Waals surface area contributed by atoms with Crippen LogP contribution in [0.5, 0.6) is 0 Å². The zero-order valence-corrected chi connectivity index (χ0v) is 7.43. The zero-order chi connectivity index (χ0) is 8.81. The Labute approximate surface area is 72.7 Å². The van der Waals surface area contributed by atoms with Gasteiger partial charge in [0.15, 0.2) is 0 Å². The lowest BCUT2D eigenvalue weighted by Gasteiger charge is -2.22. The molecular weight excluding hydrogens is 156 g/mol. The predicted molar refractivity (Wildman–Crippen MR) is 45.9 cm³/mol. The van der Waals surface area contributed by atoms with E-state index in [1.807, 2.05) is 6.92 Å². The summed E-state index contributed by atoms with van der Waals surface area (Å²) < 4.78 is 5.37. The van der Waals surface area contributed by atoms with Gasteiger partial charge in [0.05, 0.1) is 19.1 Å². The molecule has 70 valence electrons. The Hall–Kier alpha value is -0.610. The lowest BCUT2D eigenvalue weighted by atomic mass is 10.2. The van der Waals surface area contributed by atoms with E-state index in [0.717, 1.165) is 13.1 Å². The van der Waals surface area contributed by atoms with Crippen LogP contribution >= 0.6 is 0 Å². The fourth-order valence-corrected chi connectivity index (χ4v) is 1.23. The molecule has 1 aliphatic rings. The second-order valence-corrected chi connectivity index (χ2v) is 2.85. The second kappa shape index (κ2) is 5.11. The van der Waals surface area contributed by atoms with Gasteiger partial charge in [-0.1, -0.05) is 0 Å². The van der Waals surface area contributed by atoms with Crippen LogP contribution in [0.15, 0.2) is 0 Å². The van der Waals surface area contributed by atoms with E-state index >= 15 is 0 Å². The summed E-state index contributed by atoms with van der Waals surface area (Å²) in [5.74, 6) is 0.0752. The molecule has 1 atom stereocenters. The van der Waals surface area contributed by atoms with Crippen molar-refractivity contribution in [2.24, 2.45) is 0 Å². The maximum Gasteiger partial charge on any atom is 0.222 e. The summed E-state index contributed by atoms with van der Waals surface area (Å²) in [6, 6.07) is 0. The highest BCUT2D eigenvalue weighted by Crippen LogP contribution is 2.00. The largest absolute Gasteiger partial charge is 0.375 e. The first-order valence-corrected chi connectivity index (χ1v) is 4.42. The molecule has 1 heterocycles. The fourth-order valence-electron chi connectivity index (χ4n) is 1.23. The van der Waals surface area contributed by atoms with Crippen molar-refractivity contribution in [3.8, 4) is 0 Å². The minimum Gasteiger partial charge on any atom is -0.375 e. The van der Waals surface area contributed by atoms with E-state index in [0.29, 0.717) is 19.6 Å². The standard InChI is InChI=1S/C8H16N2O2/c1-2-10-8(11)5-7-6-9-3-4-12-7/h7,9H,2-6H2,1H3,(H,10,11)/t7-/m1/s1. The molecule has 1 amide bonds. The van der Waals surface area contributed by atoms with Crippen LogP contribution in [-0.4, -0.2) is 38.3 Å². The summed E-state index contributed by atoms with van der Waals surface area (Å²) >= 11 is 0. The molecule has 0 aliphatic carbocycles. The van der Waals surface area contributed by atoms with Gasteiger partial charge in [0, 0.05) is 19.6 Å². The Morgan fingerprint density at radius 2 is 2.58 bits per heavy atom. The van der Waals surface area contributed by atoms with E-state index in [9.17, 15) is 4.79 Å². The minimum atomic E-state index is 0.0605. The molecule has 1 rings (SSSR count). The van der Waals surface area contributed by atoms with Crippen LogP contribution in [0.25, 0.3) is 0 Å². The third-order valence-electron chi connectivity index (χ3n) is 1.79. The van der Waals surface area contributed by atoms with E-state index in [1.54, 1.807) is 0 Å². The van der Waals surface area contributed by atoms with Crippen molar-refractivity contribution in [1.29, 1.82) is 0 Å². The summed E-state index contributed by atoms with van der Waals surface area (Å²) in [5, 5.41) is 5.92. The van der Waals surface area contributed by atoms with Crippen LogP contribution in [0, 0.1) is 0 Å². The summed E-state index contributed by atoms with van der Waals surface area (Å²) in [6.07, 6.45) is 0.534. The molecule has 1 saturated heterocycles. The molecule has 12 heavy (non-hydrogen) atoms. The Kier molecular flexibility index (Phi) is 4.04. The molecule has 4 heteroatoms. The number of rotatable bonds is 3. The summed E-state index contributed by atoms with van der Waals surface area (Å²) in [5.41, 5.74) is 0. The van der Waals surface area contributed by atoms with E-state index in [4.69, 9.17) is 4.74 Å². The number of nitrogens with one attached hydrogen (secondary N) is 2. The lowest BCUT2D eigenvalue weighted by Crippen LogP contribution is -2.41. The first-order chi connectivity index (χ1) is 5.83. The van der Waals surface area contributed by atoms with Crippen molar-refractivity contribution in [2.45, 2.75) is 19.4 Å². The number of hydrogen-bond donors (Lipinski definition) is 2. The number of hydrogen-bond acceptors (Lipinski definition) is 3. The van der Waals surface area contributed by atoms with Gasteiger partial charge >= 0.3 is 0 Å². The van der Waals surface area contributed by atoms with E-state index in [-0.39, 0.29) is 12.0 Å². The van der Waals surface area contributed by atoms with Crippen LogP contribution in [0.4, 0.5) is 0 Å². The average molecular weight is 172 g/mol. The summed E-state index contributed by atoms with van der Waals surface area (Å²) in [4.78, 5) is 11.1. The first kappa shape index (κ1) is 9.48. The van der Waals surface area contributed by atoms with Gasteiger partial charge in [-0.05, 0) is 6.92 Å². The van der Waals surface area contributed by atoms with Gasteiger partial charge in [0.25, 0.3) is 0 Å². The van der Waals surface area contributed by atoms with Gasteiger partial charge in [-0.2, -0.15) is 0 Å². The van der Waals surface area contributed by atoms with Crippen LogP contribution in [0.2, 0.25) is 0 Å². The monoisotopic (exact) mass is 172 g/mol. The van der Waals surface area contributed by atoms with Gasteiger partial charge in [-0.15, -0.1) is 0 Å². The van der Waals surface area contributed by atoms with Crippen molar-refractivity contribution < 1.29 is 9.53 Å². The molecule has 0 aromatic rings. The van der Waals surface area contributed by atoms with Crippen molar-refractivity contribution in [1.82, 2.24) is 10.6 Å². The van der Waals surface area contributed by atoms with Crippen LogP contribution in [-0.2, 0) is 9.53 Å². The smallest absolute Gasteiger partial charge is 0.222 e. The highest BCUT2D eigenvalue weighted by Gasteiger charge is 2.16. The average Bonchev–Trinajstić information content (AvgIpc) is 2.06. The molecule has 4 nitrogen and oxygen atoms in total. The predicted octanol–water partition coefficient (Wildman–Crippen LogP) is -0.499. The van der Waals surface area contributed by atoms with Gasteiger partial charge < -0.3 is 15.4 Å². The molecule has 0 bridgehead atoms. The second-order valence-electron chi connectivity index (χ2n) is 2.85. The minimum absolute atomic E-state index is 0.0605. The maximum absolute atomic E-state index is 11.1. The number of amides is 1. The number of morpholine rings is 1. The normalized spacial score (nSPS) is 23.6. The van der Waals surface area contributed by atoms with Gasteiger partial charge in [-0.3, -0.25) is 4.79 Å². The molecule has 0 aromatic heterocycles. The zero-order valence-electron chi connectivity index (χ0n) is 7.43. The van der Waals surface area contributed by atoms with E-state index in [1.165, 1.54) is 0 Å². The number of carbonyl (C=O) groups is 1. The number of carbonyl (C=O) groups excluding carboxylic acids is 1.